The molecule has 0 spiro atoms. The number of nitrogens with zero attached hydrogens (tertiary/aromatic N) is 2. The molecule has 3 aromatic carbocycles. The molecule has 2 aliphatic rings. The highest BCUT2D eigenvalue weighted by atomic mass is 35.5. The van der Waals surface area contributed by atoms with Crippen molar-refractivity contribution >= 4 is 17.5 Å². The largest absolute Gasteiger partial charge is 0.494 e. The molecule has 0 radical (unpaired) electrons. The first-order chi connectivity index (χ1) is 22.7. The van der Waals surface area contributed by atoms with Crippen molar-refractivity contribution in [3.63, 3.8) is 0 Å². The van der Waals surface area contributed by atoms with Crippen LogP contribution in [0.2, 0.25) is 0 Å². The van der Waals surface area contributed by atoms with Gasteiger partial charge in [-0.1, -0.05) is 110 Å². The summed E-state index contributed by atoms with van der Waals surface area (Å²) in [4.78, 5) is 14.5. The molecule has 5 rings (SSSR count). The van der Waals surface area contributed by atoms with Gasteiger partial charge in [0.15, 0.2) is 4.87 Å². The topological polar surface area (TPSA) is 32.8 Å². The lowest BCUT2D eigenvalue weighted by Gasteiger charge is -2.38. The van der Waals surface area contributed by atoms with Crippen LogP contribution in [0.4, 0.5) is 13.2 Å². The van der Waals surface area contributed by atoms with Crippen LogP contribution in [-0.4, -0.2) is 66.1 Å². The maximum atomic E-state index is 14.3. The van der Waals surface area contributed by atoms with Crippen LogP contribution in [0.15, 0.2) is 109 Å². The number of hydrogen-bond donors (Lipinski definition) is 0. The number of allylic oxidation sites excluding steroid dienone is 3. The summed E-state index contributed by atoms with van der Waals surface area (Å²) in [7, 11) is 0. The van der Waals surface area contributed by atoms with E-state index in [1.165, 1.54) is 18.9 Å². The molecule has 1 heterocycles. The molecule has 0 N–H and O–H groups in total. The highest BCUT2D eigenvalue weighted by molar-refractivity contribution is 6.26. The zero-order valence-electron chi connectivity index (χ0n) is 26.8. The van der Waals surface area contributed by atoms with Crippen molar-refractivity contribution in [3.8, 4) is 5.75 Å². The zero-order chi connectivity index (χ0) is 33.1. The summed E-state index contributed by atoms with van der Waals surface area (Å²) in [5.74, 6) is -0.176. The van der Waals surface area contributed by atoms with E-state index in [1.807, 2.05) is 65.6 Å². The molecule has 0 bridgehead atoms. The number of carbonyl (C=O) groups is 1. The van der Waals surface area contributed by atoms with Crippen LogP contribution >= 0.6 is 11.6 Å². The third kappa shape index (κ3) is 9.51. The van der Waals surface area contributed by atoms with Gasteiger partial charge in [-0.25, -0.2) is 0 Å². The van der Waals surface area contributed by atoms with Gasteiger partial charge >= 0.3 is 6.18 Å². The Hall–Kier alpha value is -3.55. The Morgan fingerprint density at radius 1 is 0.915 bits per heavy atom. The van der Waals surface area contributed by atoms with Gasteiger partial charge in [0.2, 0.25) is 5.91 Å². The molecular weight excluding hydrogens is 621 g/mol. The maximum Gasteiger partial charge on any atom is 0.411 e. The molecule has 250 valence electrons. The average molecular weight is 665 g/mol. The zero-order valence-corrected chi connectivity index (χ0v) is 27.5. The second-order valence-electron chi connectivity index (χ2n) is 12.6. The molecule has 8 heteroatoms. The van der Waals surface area contributed by atoms with Gasteiger partial charge in [-0.15, -0.1) is 11.6 Å². The van der Waals surface area contributed by atoms with Gasteiger partial charge in [0.1, 0.15) is 5.75 Å². The SMILES string of the molecule is O=C(Cc1cccc(OCCCN(CC(c2ccccc2)c2ccccc2)CC2C=CC=CC2(Cl)C(F)(F)F)c1)N1CCCCCC1. The van der Waals surface area contributed by atoms with Crippen molar-refractivity contribution in [3.05, 3.63) is 126 Å². The van der Waals surface area contributed by atoms with Gasteiger partial charge < -0.3 is 14.5 Å². The van der Waals surface area contributed by atoms with Crippen LogP contribution < -0.4 is 4.74 Å². The van der Waals surface area contributed by atoms with Crippen molar-refractivity contribution < 1.29 is 22.7 Å². The monoisotopic (exact) mass is 664 g/mol. The third-order valence-electron chi connectivity index (χ3n) is 9.17. The molecule has 0 aromatic heterocycles. The van der Waals surface area contributed by atoms with E-state index < -0.39 is 17.0 Å². The highest BCUT2D eigenvalue weighted by Crippen LogP contribution is 2.46. The van der Waals surface area contributed by atoms with Gasteiger partial charge in [-0.05, 0) is 48.1 Å². The number of hydrogen-bond acceptors (Lipinski definition) is 3. The number of alkyl halides is 4. The van der Waals surface area contributed by atoms with Crippen LogP contribution in [0.25, 0.3) is 0 Å². The molecule has 2 atom stereocenters. The van der Waals surface area contributed by atoms with Crippen molar-refractivity contribution in [2.24, 2.45) is 5.92 Å². The van der Waals surface area contributed by atoms with E-state index in [2.05, 4.69) is 29.2 Å². The smallest absolute Gasteiger partial charge is 0.411 e. The van der Waals surface area contributed by atoms with Crippen LogP contribution in [0, 0.1) is 5.92 Å². The lowest BCUT2D eigenvalue weighted by Crippen LogP contribution is -2.50. The van der Waals surface area contributed by atoms with Gasteiger partial charge in [-0.3, -0.25) is 4.79 Å². The van der Waals surface area contributed by atoms with Crippen LogP contribution in [0.5, 0.6) is 5.75 Å². The van der Waals surface area contributed by atoms with E-state index in [1.54, 1.807) is 12.2 Å². The quantitative estimate of drug-likeness (QED) is 0.135. The first kappa shape index (κ1) is 34.8. The molecule has 1 amide bonds. The van der Waals surface area contributed by atoms with Crippen molar-refractivity contribution in [1.29, 1.82) is 0 Å². The van der Waals surface area contributed by atoms with Crippen LogP contribution in [0.1, 0.15) is 54.7 Å². The van der Waals surface area contributed by atoms with E-state index in [9.17, 15) is 18.0 Å². The minimum absolute atomic E-state index is 0.0459. The molecule has 0 saturated carbocycles. The summed E-state index contributed by atoms with van der Waals surface area (Å²) in [6.07, 6.45) is 6.45. The van der Waals surface area contributed by atoms with Gasteiger partial charge in [-0.2, -0.15) is 13.2 Å². The van der Waals surface area contributed by atoms with Gasteiger partial charge in [0, 0.05) is 44.6 Å². The Bertz CT molecular complexity index is 1430. The van der Waals surface area contributed by atoms with E-state index in [4.69, 9.17) is 16.3 Å². The van der Waals surface area contributed by atoms with E-state index in [0.717, 1.165) is 48.7 Å². The number of benzene rings is 3. The average Bonchev–Trinajstić information content (AvgIpc) is 3.37. The predicted molar refractivity (Wildman–Crippen MR) is 183 cm³/mol. The number of amides is 1. The third-order valence-corrected chi connectivity index (χ3v) is 9.79. The van der Waals surface area contributed by atoms with Gasteiger partial charge in [0.05, 0.1) is 13.0 Å². The highest BCUT2D eigenvalue weighted by Gasteiger charge is 2.56. The Kier molecular flexibility index (Phi) is 12.2. The second-order valence-corrected chi connectivity index (χ2v) is 13.2. The summed E-state index contributed by atoms with van der Waals surface area (Å²) in [5, 5.41) is 0. The number of halogens is 4. The number of carbonyl (C=O) groups excluding carboxylic acids is 1. The van der Waals surface area contributed by atoms with Crippen molar-refractivity contribution in [1.82, 2.24) is 9.80 Å². The molecule has 3 aromatic rings. The Labute approximate surface area is 281 Å². The maximum absolute atomic E-state index is 14.3. The van der Waals surface area contributed by atoms with Crippen molar-refractivity contribution in [2.45, 2.75) is 55.5 Å². The molecule has 4 nitrogen and oxygen atoms in total. The Balaban J connectivity index is 1.27. The summed E-state index contributed by atoms with van der Waals surface area (Å²) in [5.41, 5.74) is 3.10. The fourth-order valence-electron chi connectivity index (χ4n) is 6.55. The number of likely N-dealkylation sites (tertiary alicyclic amines) is 1. The van der Waals surface area contributed by atoms with E-state index in [0.29, 0.717) is 38.3 Å². The van der Waals surface area contributed by atoms with Gasteiger partial charge in [0.25, 0.3) is 0 Å². The summed E-state index contributed by atoms with van der Waals surface area (Å²) < 4.78 is 48.9. The number of ether oxygens (including phenoxy) is 1. The molecule has 2 unspecified atom stereocenters. The van der Waals surface area contributed by atoms with Crippen molar-refractivity contribution in [2.75, 3.05) is 39.3 Å². The minimum Gasteiger partial charge on any atom is -0.494 e. The lowest BCUT2D eigenvalue weighted by atomic mass is 9.85. The first-order valence-corrected chi connectivity index (χ1v) is 17.0. The number of rotatable bonds is 13. The minimum atomic E-state index is -4.60. The lowest BCUT2D eigenvalue weighted by molar-refractivity contribution is -0.160. The fraction of sp³-hybridized carbons (Fsp3) is 0.410. The Morgan fingerprint density at radius 2 is 1.57 bits per heavy atom. The molecule has 1 saturated heterocycles. The predicted octanol–water partition coefficient (Wildman–Crippen LogP) is 8.82. The van der Waals surface area contributed by atoms with Crippen LogP contribution in [0.3, 0.4) is 0 Å². The molecule has 47 heavy (non-hydrogen) atoms. The first-order valence-electron chi connectivity index (χ1n) is 16.7. The molecule has 1 aliphatic carbocycles. The normalized spacial score (nSPS) is 20.0. The summed E-state index contributed by atoms with van der Waals surface area (Å²) in [6, 6.07) is 27.8. The Morgan fingerprint density at radius 3 is 2.21 bits per heavy atom. The molecule has 1 aliphatic heterocycles. The molecular formula is C39H44ClF3N2O2. The summed E-state index contributed by atoms with van der Waals surface area (Å²) >= 11 is 6.34. The van der Waals surface area contributed by atoms with Crippen LogP contribution in [-0.2, 0) is 11.2 Å². The summed E-state index contributed by atoms with van der Waals surface area (Å²) in [6.45, 7) is 3.19. The fourth-order valence-corrected chi connectivity index (χ4v) is 6.77. The second kappa shape index (κ2) is 16.5. The molecule has 1 fully saturated rings. The van der Waals surface area contributed by atoms with E-state index in [-0.39, 0.29) is 18.4 Å². The standard InChI is InChI=1S/C39H44ClF3N2O2/c40-38(39(41,42)43)22-10-9-20-34(38)29-44(30-36(32-16-5-3-6-17-32)33-18-7-4-8-19-33)23-14-26-47-35-21-13-15-31(27-35)28-37(46)45-24-11-1-2-12-25-45/h3-10,13,15-22,27,34,36H,1-2,11-12,14,23-26,28-30H2. The van der Waals surface area contributed by atoms with E-state index >= 15 is 0 Å².